The summed E-state index contributed by atoms with van der Waals surface area (Å²) in [7, 11) is -4.12. The highest BCUT2D eigenvalue weighted by molar-refractivity contribution is 6.66. The van der Waals surface area contributed by atoms with Crippen LogP contribution in [0.2, 0.25) is 0 Å². The van der Waals surface area contributed by atoms with Gasteiger partial charge in [-0.15, -0.1) is 0 Å². The molecule has 0 heterocycles. The van der Waals surface area contributed by atoms with Crippen LogP contribution in [0.25, 0.3) is 21.5 Å². The third-order valence-electron chi connectivity index (χ3n) is 6.53. The van der Waals surface area contributed by atoms with Gasteiger partial charge in [0, 0.05) is 5.39 Å². The molecule has 0 radical (unpaired) electrons. The number of halogens is 19. The molecule has 0 saturated heterocycles. The molecule has 0 unspecified atom stereocenters. The Morgan fingerprint density at radius 1 is 0.229 bits per heavy atom. The Hall–Kier alpha value is -5.05. The van der Waals surface area contributed by atoms with Gasteiger partial charge in [-0.3, -0.25) is 0 Å². The van der Waals surface area contributed by atoms with Crippen LogP contribution >= 0.6 is 0 Å². The third-order valence-corrected chi connectivity index (χ3v) is 6.53. The van der Waals surface area contributed by atoms with Crippen molar-refractivity contribution in [1.29, 1.82) is 0 Å². The monoisotopic (exact) mass is 716 g/mol. The number of fused-ring (bicyclic) bond motifs is 2. The van der Waals surface area contributed by atoms with Crippen molar-refractivity contribution in [3.05, 3.63) is 111 Å². The summed E-state index contributed by atoms with van der Waals surface area (Å²) in [5, 5.41) is -9.80. The predicted molar refractivity (Wildman–Crippen MR) is 120 cm³/mol. The zero-order valence-corrected chi connectivity index (χ0v) is 21.6. The minimum absolute atomic E-state index is 2.42. The molecule has 5 rings (SSSR count). The number of benzene rings is 5. The Morgan fingerprint density at radius 3 is 0.917 bits per heavy atom. The topological polar surface area (TPSA) is 18.5 Å². The zero-order chi connectivity index (χ0) is 36.0. The molecular weight excluding hydrogens is 716 g/mol. The fraction of sp³-hybridized carbons (Fsp3) is 0. The van der Waals surface area contributed by atoms with Gasteiger partial charge in [-0.1, -0.05) is 0 Å². The molecule has 0 spiro atoms. The second-order valence-corrected chi connectivity index (χ2v) is 9.11. The second kappa shape index (κ2) is 11.6. The Labute approximate surface area is 249 Å². The summed E-state index contributed by atoms with van der Waals surface area (Å²) in [6.45, 7) is 0. The summed E-state index contributed by atoms with van der Waals surface area (Å²) in [6, 6.07) is 0. The predicted octanol–water partition coefficient (Wildman–Crippen LogP) is 8.49. The Bertz CT molecular complexity index is 2210. The lowest BCUT2D eigenvalue weighted by molar-refractivity contribution is 0.330. The SMILES string of the molecule is Fc1c(F)c(F)c(OB(Oc2c(F)c(F)c(F)c3c(F)c(F)c(F)c(F)c23)c2c(F)c(F)c(F)c3c(F)c(F)c(F)c(F)c23)c(F)c1F. The smallest absolute Gasteiger partial charge is 0.519 e. The van der Waals surface area contributed by atoms with Crippen LogP contribution in [0, 0.1) is 111 Å². The van der Waals surface area contributed by atoms with Crippen molar-refractivity contribution in [2.75, 3.05) is 0 Å². The first-order chi connectivity index (χ1) is 22.3. The van der Waals surface area contributed by atoms with E-state index in [1.54, 1.807) is 0 Å². The van der Waals surface area contributed by atoms with Crippen LogP contribution in [0.15, 0.2) is 0 Å². The van der Waals surface area contributed by atoms with Gasteiger partial charge in [0.25, 0.3) is 0 Å². The van der Waals surface area contributed by atoms with Crippen LogP contribution in [-0.4, -0.2) is 7.12 Å². The molecule has 0 N–H and O–H groups in total. The molecule has 0 atom stereocenters. The Balaban J connectivity index is 1.98. The fourth-order valence-corrected chi connectivity index (χ4v) is 4.37. The highest BCUT2D eigenvalue weighted by atomic mass is 19.2. The van der Waals surface area contributed by atoms with Crippen LogP contribution in [0.3, 0.4) is 0 Å². The quantitative estimate of drug-likeness (QED) is 0.0787. The first-order valence-electron chi connectivity index (χ1n) is 11.8. The van der Waals surface area contributed by atoms with Crippen LogP contribution in [0.5, 0.6) is 11.5 Å². The first-order valence-corrected chi connectivity index (χ1v) is 11.8. The standard InChI is InChI=1S/C26BF19O2/c28-6-1-2(8(30)15(37)14(6)36)7(29)13(35)12(34)5(1)27(48-26-23(45)20(42)19(41)21(43)24(26)46)47-25-4-3(10(32)18(40)22(25)44)9(31)16(38)17(39)11(4)33. The summed E-state index contributed by atoms with van der Waals surface area (Å²) in [5.41, 5.74) is -2.61. The van der Waals surface area contributed by atoms with Crippen molar-refractivity contribution in [3.63, 3.8) is 0 Å². The zero-order valence-electron chi connectivity index (χ0n) is 21.6. The average Bonchev–Trinajstić information content (AvgIpc) is 3.06. The van der Waals surface area contributed by atoms with Gasteiger partial charge in [0.2, 0.25) is 34.9 Å². The van der Waals surface area contributed by atoms with Crippen LogP contribution in [0.1, 0.15) is 0 Å². The minimum atomic E-state index is -4.12. The van der Waals surface area contributed by atoms with Crippen LogP contribution in [0.4, 0.5) is 83.4 Å². The summed E-state index contributed by atoms with van der Waals surface area (Å²) in [6.07, 6.45) is 0. The van der Waals surface area contributed by atoms with E-state index >= 15 is 8.78 Å². The molecule has 0 aromatic heterocycles. The summed E-state index contributed by atoms with van der Waals surface area (Å²) < 4.78 is 282. The van der Waals surface area contributed by atoms with E-state index in [1.807, 2.05) is 0 Å². The van der Waals surface area contributed by atoms with E-state index in [4.69, 9.17) is 0 Å². The molecule has 0 aliphatic heterocycles. The van der Waals surface area contributed by atoms with Gasteiger partial charge >= 0.3 is 7.12 Å². The number of hydrogen-bond donors (Lipinski definition) is 0. The lowest BCUT2D eigenvalue weighted by Crippen LogP contribution is -2.47. The molecule has 0 saturated carbocycles. The lowest BCUT2D eigenvalue weighted by atomic mass is 9.74. The van der Waals surface area contributed by atoms with Gasteiger partial charge in [0.05, 0.1) is 21.6 Å². The Kier molecular flexibility index (Phi) is 8.27. The highest BCUT2D eigenvalue weighted by Crippen LogP contribution is 2.40. The number of hydrogen-bond acceptors (Lipinski definition) is 2. The molecule has 5 aromatic carbocycles. The summed E-state index contributed by atoms with van der Waals surface area (Å²) >= 11 is 0. The van der Waals surface area contributed by atoms with Gasteiger partial charge in [-0.05, 0) is 0 Å². The van der Waals surface area contributed by atoms with Crippen molar-refractivity contribution in [1.82, 2.24) is 0 Å². The molecule has 2 nitrogen and oxygen atoms in total. The van der Waals surface area contributed by atoms with Gasteiger partial charge in [-0.2, -0.15) is 13.2 Å². The van der Waals surface area contributed by atoms with Crippen molar-refractivity contribution in [3.8, 4) is 11.5 Å². The third kappa shape index (κ3) is 4.62. The van der Waals surface area contributed by atoms with E-state index in [2.05, 4.69) is 9.31 Å². The molecule has 22 heteroatoms. The molecule has 0 fully saturated rings. The molecule has 0 bridgehead atoms. The van der Waals surface area contributed by atoms with E-state index in [0.29, 0.717) is 0 Å². The maximum atomic E-state index is 15.3. The van der Waals surface area contributed by atoms with E-state index < -0.39 is 156 Å². The lowest BCUT2D eigenvalue weighted by Gasteiger charge is -2.22. The van der Waals surface area contributed by atoms with Gasteiger partial charge in [-0.25, -0.2) is 70.2 Å². The van der Waals surface area contributed by atoms with Crippen molar-refractivity contribution < 1.29 is 92.7 Å². The van der Waals surface area contributed by atoms with Gasteiger partial charge in [0.1, 0.15) is 0 Å². The van der Waals surface area contributed by atoms with Crippen LogP contribution < -0.4 is 14.8 Å². The highest BCUT2D eigenvalue weighted by Gasteiger charge is 2.44. The molecule has 252 valence electrons. The average molecular weight is 716 g/mol. The largest absolute Gasteiger partial charge is 0.636 e. The maximum Gasteiger partial charge on any atom is 0.636 e. The molecule has 0 aliphatic carbocycles. The molecule has 5 aromatic rings. The summed E-state index contributed by atoms with van der Waals surface area (Å²) in [5.74, 6) is -62.2. The van der Waals surface area contributed by atoms with Gasteiger partial charge in [0.15, 0.2) is 87.1 Å². The maximum absolute atomic E-state index is 15.3. The first kappa shape index (κ1) is 34.3. The molecule has 48 heavy (non-hydrogen) atoms. The van der Waals surface area contributed by atoms with E-state index in [-0.39, 0.29) is 0 Å². The van der Waals surface area contributed by atoms with E-state index in [9.17, 15) is 74.6 Å². The van der Waals surface area contributed by atoms with E-state index in [0.717, 1.165) is 0 Å². The molecule has 0 amide bonds. The van der Waals surface area contributed by atoms with Crippen molar-refractivity contribution >= 4 is 34.1 Å². The van der Waals surface area contributed by atoms with Crippen molar-refractivity contribution in [2.45, 2.75) is 0 Å². The second-order valence-electron chi connectivity index (χ2n) is 9.11. The van der Waals surface area contributed by atoms with Crippen molar-refractivity contribution in [2.24, 2.45) is 0 Å². The normalized spacial score (nSPS) is 11.6. The van der Waals surface area contributed by atoms with Crippen LogP contribution in [-0.2, 0) is 0 Å². The summed E-state index contributed by atoms with van der Waals surface area (Å²) in [4.78, 5) is 0. The van der Waals surface area contributed by atoms with E-state index in [1.165, 1.54) is 0 Å². The Morgan fingerprint density at radius 2 is 0.479 bits per heavy atom. The molecular formula is C26BF19O2. The minimum Gasteiger partial charge on any atom is -0.519 e. The fourth-order valence-electron chi connectivity index (χ4n) is 4.37. The number of rotatable bonds is 5. The van der Waals surface area contributed by atoms with Gasteiger partial charge < -0.3 is 9.31 Å². The molecule has 0 aliphatic rings.